The zero-order valence-corrected chi connectivity index (χ0v) is 23.6. The van der Waals surface area contributed by atoms with Gasteiger partial charge in [-0.05, 0) is 43.5 Å². The second-order valence-electron chi connectivity index (χ2n) is 9.64. The lowest BCUT2D eigenvalue weighted by atomic mass is 10.1. The van der Waals surface area contributed by atoms with Gasteiger partial charge in [-0.25, -0.2) is 4.79 Å². The number of amides is 2. The first-order valence-corrected chi connectivity index (χ1v) is 13.2. The van der Waals surface area contributed by atoms with E-state index in [4.69, 9.17) is 9.47 Å². The number of hydrogen-bond donors (Lipinski definition) is 1. The molecule has 0 saturated carbocycles. The number of ether oxygens (including phenoxy) is 2. The van der Waals surface area contributed by atoms with Crippen LogP contribution in [0, 0.1) is 0 Å². The van der Waals surface area contributed by atoms with Crippen LogP contribution in [0.3, 0.4) is 0 Å². The lowest BCUT2D eigenvalue weighted by Gasteiger charge is -2.18. The molecule has 0 aliphatic heterocycles. The maximum Gasteiger partial charge on any atom is 0.332 e. The van der Waals surface area contributed by atoms with Crippen molar-refractivity contribution in [3.05, 3.63) is 68.4 Å². The van der Waals surface area contributed by atoms with E-state index in [0.29, 0.717) is 29.2 Å². The second kappa shape index (κ2) is 13.1. The number of aromatic nitrogens is 2. The normalized spacial score (nSPS) is 11.7. The van der Waals surface area contributed by atoms with Crippen LogP contribution in [-0.4, -0.2) is 59.7 Å². The van der Waals surface area contributed by atoms with E-state index in [9.17, 15) is 19.2 Å². The van der Waals surface area contributed by atoms with Crippen LogP contribution in [-0.2, 0) is 17.9 Å². The van der Waals surface area contributed by atoms with Gasteiger partial charge in [-0.1, -0.05) is 32.4 Å². The first-order valence-electron chi connectivity index (χ1n) is 13.2. The van der Waals surface area contributed by atoms with Gasteiger partial charge in [0.2, 0.25) is 5.91 Å². The molecule has 1 N–H and O–H groups in total. The van der Waals surface area contributed by atoms with Crippen molar-refractivity contribution in [2.24, 2.45) is 0 Å². The molecule has 3 rings (SSSR count). The molecule has 0 saturated heterocycles. The summed E-state index contributed by atoms with van der Waals surface area (Å²) in [4.78, 5) is 54.3. The van der Waals surface area contributed by atoms with Crippen molar-refractivity contribution in [3.63, 3.8) is 0 Å². The molecule has 1 atom stereocenters. The molecule has 1 heterocycles. The topological polar surface area (TPSA) is 112 Å². The van der Waals surface area contributed by atoms with Gasteiger partial charge in [0.05, 0.1) is 31.7 Å². The Morgan fingerprint density at radius 2 is 1.64 bits per heavy atom. The monoisotopic (exact) mass is 538 g/mol. The Bertz CT molecular complexity index is 1440. The van der Waals surface area contributed by atoms with Crippen molar-refractivity contribution in [3.8, 4) is 11.5 Å². The lowest BCUT2D eigenvalue weighted by molar-refractivity contribution is -0.122. The van der Waals surface area contributed by atoms with Gasteiger partial charge in [0.1, 0.15) is 6.54 Å². The Morgan fingerprint density at radius 1 is 1.00 bits per heavy atom. The summed E-state index contributed by atoms with van der Waals surface area (Å²) < 4.78 is 13.1. The summed E-state index contributed by atoms with van der Waals surface area (Å²) in [5.41, 5.74) is 0.318. The lowest BCUT2D eigenvalue weighted by Crippen LogP contribution is -2.44. The number of rotatable bonds is 12. The van der Waals surface area contributed by atoms with Crippen molar-refractivity contribution in [2.75, 3.05) is 27.8 Å². The van der Waals surface area contributed by atoms with Crippen LogP contribution < -0.4 is 26.0 Å². The van der Waals surface area contributed by atoms with Crippen molar-refractivity contribution in [2.45, 2.75) is 59.2 Å². The number of methoxy groups -OCH3 is 2. The van der Waals surface area contributed by atoms with Crippen LogP contribution in [0.25, 0.3) is 10.9 Å². The van der Waals surface area contributed by atoms with E-state index < -0.39 is 11.2 Å². The maximum atomic E-state index is 13.6. The molecular formula is C29H38N4O6. The summed E-state index contributed by atoms with van der Waals surface area (Å²) in [6.07, 6.45) is 2.65. The van der Waals surface area contributed by atoms with Crippen LogP contribution >= 0.6 is 0 Å². The molecule has 0 aliphatic carbocycles. The zero-order chi connectivity index (χ0) is 28.7. The number of benzene rings is 2. The predicted octanol–water partition coefficient (Wildman–Crippen LogP) is 3.02. The molecule has 0 radical (unpaired) electrons. The number of carbonyl (C=O) groups excluding carboxylic acids is 2. The molecule has 2 aromatic carbocycles. The minimum Gasteiger partial charge on any atom is -0.493 e. The average Bonchev–Trinajstić information content (AvgIpc) is 2.95. The number of nitrogens with one attached hydrogen (secondary N) is 1. The largest absolute Gasteiger partial charge is 0.493 e. The average molecular weight is 539 g/mol. The SMILES string of the molecule is CCCCN(C)C(=O)c1ccc(Cn2c(=O)c3cc(OC)c(OC)cc3n(CC(=O)N[C@H](C)CC)c2=O)cc1. The molecule has 1 aromatic heterocycles. The third-order valence-corrected chi connectivity index (χ3v) is 6.79. The quantitative estimate of drug-likeness (QED) is 0.380. The van der Waals surface area contributed by atoms with Gasteiger partial charge in [-0.15, -0.1) is 0 Å². The minimum absolute atomic E-state index is 0.0327. The number of hydrogen-bond acceptors (Lipinski definition) is 6. The summed E-state index contributed by atoms with van der Waals surface area (Å²) in [7, 11) is 4.68. The molecule has 0 fully saturated rings. The fourth-order valence-electron chi connectivity index (χ4n) is 4.25. The van der Waals surface area contributed by atoms with Crippen LogP contribution in [0.4, 0.5) is 0 Å². The highest BCUT2D eigenvalue weighted by Crippen LogP contribution is 2.30. The summed E-state index contributed by atoms with van der Waals surface area (Å²) in [6.45, 7) is 6.26. The molecule has 0 spiro atoms. The van der Waals surface area contributed by atoms with Gasteiger partial charge in [0.15, 0.2) is 11.5 Å². The second-order valence-corrected chi connectivity index (χ2v) is 9.64. The van der Waals surface area contributed by atoms with E-state index in [1.165, 1.54) is 30.9 Å². The van der Waals surface area contributed by atoms with Crippen molar-refractivity contribution in [1.29, 1.82) is 0 Å². The highest BCUT2D eigenvalue weighted by molar-refractivity contribution is 5.94. The van der Waals surface area contributed by atoms with Gasteiger partial charge < -0.3 is 19.7 Å². The van der Waals surface area contributed by atoms with Crippen molar-refractivity contribution >= 4 is 22.7 Å². The van der Waals surface area contributed by atoms with Gasteiger partial charge >= 0.3 is 5.69 Å². The molecule has 0 aliphatic rings. The van der Waals surface area contributed by atoms with Crippen LogP contribution in [0.1, 0.15) is 56.0 Å². The predicted molar refractivity (Wildman–Crippen MR) is 151 cm³/mol. The fourth-order valence-corrected chi connectivity index (χ4v) is 4.25. The number of carbonyl (C=O) groups is 2. The molecule has 39 heavy (non-hydrogen) atoms. The third-order valence-electron chi connectivity index (χ3n) is 6.79. The van der Waals surface area contributed by atoms with Crippen LogP contribution in [0.15, 0.2) is 46.0 Å². The van der Waals surface area contributed by atoms with Gasteiger partial charge in [-0.2, -0.15) is 0 Å². The Labute approximate surface area is 228 Å². The third kappa shape index (κ3) is 6.68. The Morgan fingerprint density at radius 3 is 2.23 bits per heavy atom. The molecule has 3 aromatic rings. The van der Waals surface area contributed by atoms with Crippen molar-refractivity contribution in [1.82, 2.24) is 19.4 Å². The Balaban J connectivity index is 2.06. The Kier molecular flexibility index (Phi) is 9.92. The van der Waals surface area contributed by atoms with E-state index in [0.717, 1.165) is 23.8 Å². The summed E-state index contributed by atoms with van der Waals surface area (Å²) in [5, 5.41) is 3.08. The Hall–Kier alpha value is -4.08. The number of nitrogens with zero attached hydrogens (tertiary/aromatic N) is 3. The van der Waals surface area contributed by atoms with E-state index in [-0.39, 0.29) is 41.8 Å². The van der Waals surface area contributed by atoms with E-state index in [2.05, 4.69) is 12.2 Å². The molecule has 2 amide bonds. The van der Waals surface area contributed by atoms with Crippen LogP contribution in [0.5, 0.6) is 11.5 Å². The molecule has 10 heteroatoms. The molecular weight excluding hydrogens is 500 g/mol. The standard InChI is InChI=1S/C29H38N4O6/c1-7-9-14-31(4)27(35)21-12-10-20(11-13-21)17-33-28(36)22-15-24(38-5)25(39-6)16-23(22)32(29(33)37)18-26(34)30-19(3)8-2/h10-13,15-16,19H,7-9,14,17-18H2,1-6H3,(H,30,34)/t19-/m1/s1. The van der Waals surface area contributed by atoms with Gasteiger partial charge in [0, 0.05) is 31.3 Å². The van der Waals surface area contributed by atoms with Gasteiger partial charge in [-0.3, -0.25) is 23.5 Å². The molecule has 0 bridgehead atoms. The molecule has 210 valence electrons. The zero-order valence-electron chi connectivity index (χ0n) is 23.6. The van der Waals surface area contributed by atoms with E-state index >= 15 is 0 Å². The summed E-state index contributed by atoms with van der Waals surface area (Å²) >= 11 is 0. The highest BCUT2D eigenvalue weighted by Gasteiger charge is 2.20. The first-order chi connectivity index (χ1) is 18.6. The smallest absolute Gasteiger partial charge is 0.332 e. The molecule has 10 nitrogen and oxygen atoms in total. The molecule has 0 unspecified atom stereocenters. The first kappa shape index (κ1) is 29.5. The van der Waals surface area contributed by atoms with Crippen LogP contribution in [0.2, 0.25) is 0 Å². The minimum atomic E-state index is -0.626. The van der Waals surface area contributed by atoms with Crippen molar-refractivity contribution < 1.29 is 19.1 Å². The number of unbranched alkanes of at least 4 members (excludes halogenated alkanes) is 1. The summed E-state index contributed by atoms with van der Waals surface area (Å²) in [5.74, 6) is 0.233. The van der Waals surface area contributed by atoms with E-state index in [1.807, 2.05) is 13.8 Å². The number of fused-ring (bicyclic) bond motifs is 1. The highest BCUT2D eigenvalue weighted by atomic mass is 16.5. The summed E-state index contributed by atoms with van der Waals surface area (Å²) in [6, 6.07) is 9.83. The fraction of sp³-hybridized carbons (Fsp3) is 0.448. The van der Waals surface area contributed by atoms with Gasteiger partial charge in [0.25, 0.3) is 11.5 Å². The maximum absolute atomic E-state index is 13.6. The van der Waals surface area contributed by atoms with E-state index in [1.54, 1.807) is 36.2 Å².